The van der Waals surface area contributed by atoms with Crippen LogP contribution in [0.5, 0.6) is 0 Å². The number of hydrogen-bond acceptors (Lipinski definition) is 6. The molecule has 1 atom stereocenters. The summed E-state index contributed by atoms with van der Waals surface area (Å²) in [5.41, 5.74) is 1.58. The van der Waals surface area contributed by atoms with Crippen LogP contribution in [0, 0.1) is 6.42 Å². The summed E-state index contributed by atoms with van der Waals surface area (Å²) in [5.74, 6) is 0.182. The van der Waals surface area contributed by atoms with E-state index in [1.54, 1.807) is 6.07 Å². The van der Waals surface area contributed by atoms with E-state index in [0.717, 1.165) is 56.3 Å². The number of unbranched alkanes of at least 4 members (excludes halogenated alkanes) is 7. The molecule has 1 radical (unpaired) electrons. The molecule has 0 N–H and O–H groups in total. The molecule has 6 nitrogen and oxygen atoms in total. The predicted octanol–water partition coefficient (Wildman–Crippen LogP) is 4.00. The maximum absolute atomic E-state index is 12.7. The van der Waals surface area contributed by atoms with Crippen molar-refractivity contribution in [1.29, 1.82) is 0 Å². The lowest BCUT2D eigenvalue weighted by Gasteiger charge is -2.32. The molecular formula is C22H30NO5S. The van der Waals surface area contributed by atoms with Crippen molar-refractivity contribution in [2.75, 3.05) is 12.5 Å². The summed E-state index contributed by atoms with van der Waals surface area (Å²) in [5, 5.41) is 0. The summed E-state index contributed by atoms with van der Waals surface area (Å²) in [6.07, 6.45) is 8.86. The second-order valence-corrected chi connectivity index (χ2v) is 7.55. The molecule has 1 aliphatic rings. The van der Waals surface area contributed by atoms with Crippen LogP contribution in [0.2, 0.25) is 0 Å². The van der Waals surface area contributed by atoms with Gasteiger partial charge >= 0.3 is 5.97 Å². The van der Waals surface area contributed by atoms with E-state index in [-0.39, 0.29) is 18.6 Å². The number of thiol groups is 1. The minimum Gasteiger partial charge on any atom is -0.447 e. The monoisotopic (exact) mass is 420 g/mol. The molecule has 0 saturated heterocycles. The number of rotatable bonds is 14. The average Bonchev–Trinajstić information content (AvgIpc) is 2.73. The van der Waals surface area contributed by atoms with Gasteiger partial charge in [0.25, 0.3) is 12.4 Å². The molecule has 0 aromatic heterocycles. The third-order valence-corrected chi connectivity index (χ3v) is 5.20. The number of nitrogens with zero attached hydrogens (tertiary/aromatic N) is 1. The third-order valence-electron chi connectivity index (χ3n) is 4.89. The summed E-state index contributed by atoms with van der Waals surface area (Å²) in [6, 6.07) is 7.36. The summed E-state index contributed by atoms with van der Waals surface area (Å²) in [6.45, 7) is 0.463. The molecule has 159 valence electrons. The van der Waals surface area contributed by atoms with Gasteiger partial charge in [0.15, 0.2) is 6.73 Å². The molecule has 2 rings (SSSR count). The van der Waals surface area contributed by atoms with Gasteiger partial charge in [0, 0.05) is 18.5 Å². The zero-order chi connectivity index (χ0) is 20.9. The van der Waals surface area contributed by atoms with Gasteiger partial charge in [-0.25, -0.2) is 0 Å². The van der Waals surface area contributed by atoms with Crippen LogP contribution < -0.4 is 0 Å². The molecule has 29 heavy (non-hydrogen) atoms. The molecule has 7 heteroatoms. The summed E-state index contributed by atoms with van der Waals surface area (Å²) < 4.78 is 10.2. The second kappa shape index (κ2) is 13.2. The number of hydrogen-bond donors (Lipinski definition) is 1. The lowest BCUT2D eigenvalue weighted by molar-refractivity contribution is -0.166. The Morgan fingerprint density at radius 1 is 1.14 bits per heavy atom. The zero-order valence-electron chi connectivity index (χ0n) is 16.8. The van der Waals surface area contributed by atoms with Crippen molar-refractivity contribution in [2.24, 2.45) is 0 Å². The molecule has 1 amide bonds. The minimum atomic E-state index is -0.982. The Bertz CT molecular complexity index is 666. The van der Waals surface area contributed by atoms with Gasteiger partial charge in [-0.15, -0.1) is 0 Å². The summed E-state index contributed by atoms with van der Waals surface area (Å²) in [4.78, 5) is 36.8. The lowest BCUT2D eigenvalue weighted by atomic mass is 9.97. The molecular weight excluding hydrogens is 390 g/mol. The van der Waals surface area contributed by atoms with Gasteiger partial charge in [-0.05, 0) is 37.0 Å². The van der Waals surface area contributed by atoms with Gasteiger partial charge in [0.1, 0.15) is 0 Å². The topological polar surface area (TPSA) is 72.9 Å². The van der Waals surface area contributed by atoms with E-state index < -0.39 is 6.10 Å². The van der Waals surface area contributed by atoms with E-state index in [0.29, 0.717) is 25.0 Å². The second-order valence-electron chi connectivity index (χ2n) is 7.10. The van der Waals surface area contributed by atoms with Crippen LogP contribution >= 0.6 is 12.6 Å². The van der Waals surface area contributed by atoms with Crippen LogP contribution in [-0.4, -0.2) is 35.7 Å². The number of ether oxygens (including phenoxy) is 2. The molecule has 0 bridgehead atoms. The van der Waals surface area contributed by atoms with Crippen molar-refractivity contribution in [3.8, 4) is 0 Å². The summed E-state index contributed by atoms with van der Waals surface area (Å²) >= 11 is 4.19. The van der Waals surface area contributed by atoms with Crippen molar-refractivity contribution in [3.05, 3.63) is 41.8 Å². The van der Waals surface area contributed by atoms with E-state index >= 15 is 0 Å². The van der Waals surface area contributed by atoms with E-state index in [1.807, 2.05) is 18.2 Å². The Hall–Kier alpha value is -2.02. The van der Waals surface area contributed by atoms with Crippen LogP contribution in [0.3, 0.4) is 0 Å². The van der Waals surface area contributed by atoms with Gasteiger partial charge in [0.2, 0.25) is 6.10 Å². The number of carbonyl (C=O) groups is 3. The van der Waals surface area contributed by atoms with Crippen LogP contribution in [0.4, 0.5) is 0 Å². The molecule has 0 aliphatic carbocycles. The van der Waals surface area contributed by atoms with Crippen molar-refractivity contribution >= 4 is 31.0 Å². The number of amides is 1. The highest BCUT2D eigenvalue weighted by molar-refractivity contribution is 7.80. The molecule has 1 aliphatic heterocycles. The van der Waals surface area contributed by atoms with E-state index in [4.69, 9.17) is 9.47 Å². The fourth-order valence-corrected chi connectivity index (χ4v) is 3.52. The van der Waals surface area contributed by atoms with Crippen molar-refractivity contribution < 1.29 is 23.9 Å². The third kappa shape index (κ3) is 7.72. The van der Waals surface area contributed by atoms with Crippen molar-refractivity contribution in [3.63, 3.8) is 0 Å². The Labute approximate surface area is 178 Å². The molecule has 1 heterocycles. The maximum atomic E-state index is 12.7. The number of carbonyl (C=O) groups excluding carboxylic acids is 3. The van der Waals surface area contributed by atoms with Gasteiger partial charge < -0.3 is 14.4 Å². The Kier molecular flexibility index (Phi) is 10.6. The van der Waals surface area contributed by atoms with E-state index in [9.17, 15) is 14.4 Å². The van der Waals surface area contributed by atoms with Gasteiger partial charge in [-0.3, -0.25) is 14.4 Å². The predicted molar refractivity (Wildman–Crippen MR) is 113 cm³/mol. The fraction of sp³-hybridized carbons (Fsp3) is 0.545. The smallest absolute Gasteiger partial charge is 0.306 e. The quantitative estimate of drug-likeness (QED) is 0.213. The first-order chi connectivity index (χ1) is 14.2. The van der Waals surface area contributed by atoms with Gasteiger partial charge in [-0.1, -0.05) is 49.9 Å². The first-order valence-electron chi connectivity index (χ1n) is 10.2. The minimum absolute atomic E-state index is 0.157. The fourth-order valence-electron chi connectivity index (χ4n) is 3.34. The molecule has 0 fully saturated rings. The molecule has 1 unspecified atom stereocenters. The van der Waals surface area contributed by atoms with Crippen LogP contribution in [0.1, 0.15) is 68.6 Å². The highest BCUT2D eigenvalue weighted by Crippen LogP contribution is 2.30. The number of esters is 1. The normalized spacial score (nSPS) is 15.7. The van der Waals surface area contributed by atoms with Crippen LogP contribution in [0.15, 0.2) is 24.3 Å². The van der Waals surface area contributed by atoms with Gasteiger partial charge in [-0.2, -0.15) is 12.6 Å². The largest absolute Gasteiger partial charge is 0.447 e. The molecule has 0 saturated carbocycles. The number of benzene rings is 1. The van der Waals surface area contributed by atoms with Crippen molar-refractivity contribution in [1.82, 2.24) is 4.90 Å². The van der Waals surface area contributed by atoms with Gasteiger partial charge in [0.05, 0.1) is 0 Å². The first-order valence-corrected chi connectivity index (χ1v) is 10.8. The van der Waals surface area contributed by atoms with E-state index in [2.05, 4.69) is 19.0 Å². The zero-order valence-corrected chi connectivity index (χ0v) is 17.6. The van der Waals surface area contributed by atoms with Crippen molar-refractivity contribution in [2.45, 2.75) is 64.0 Å². The lowest BCUT2D eigenvalue weighted by Crippen LogP contribution is -2.42. The first kappa shape index (κ1) is 23.3. The number of fused-ring (bicyclic) bond motifs is 1. The Morgan fingerprint density at radius 3 is 2.69 bits per heavy atom. The van der Waals surface area contributed by atoms with E-state index in [1.165, 1.54) is 4.90 Å². The van der Waals surface area contributed by atoms with Crippen LogP contribution in [-0.2, 0) is 30.4 Å². The molecule has 1 aromatic rings. The standard InChI is InChI=1S/C22H30NO5S/c24-17-27-16-23-15-18-11-8-9-12-19(18)21(22(23)26)28-20(25)13-7-5-3-1-2-4-6-10-14-29/h4,8-9,11-12,17,21,29H,1-3,5-7,10,13-16H2. The SMILES string of the molecule is O=COCN1Cc2ccccc2C(OC(=O)CCCCCC[CH]CCCS)C1=O. The highest BCUT2D eigenvalue weighted by Gasteiger charge is 2.35. The van der Waals surface area contributed by atoms with Crippen LogP contribution in [0.25, 0.3) is 0 Å². The maximum Gasteiger partial charge on any atom is 0.306 e. The summed E-state index contributed by atoms with van der Waals surface area (Å²) in [7, 11) is 0. The Balaban J connectivity index is 1.77. The Morgan fingerprint density at radius 2 is 1.90 bits per heavy atom. The molecule has 0 spiro atoms. The average molecular weight is 421 g/mol. The molecule has 1 aromatic carbocycles. The highest BCUT2D eigenvalue weighted by atomic mass is 32.1.